The topological polar surface area (TPSA) is 56.7 Å². The van der Waals surface area contributed by atoms with Gasteiger partial charge >= 0.3 is 0 Å². The van der Waals surface area contributed by atoms with Gasteiger partial charge in [-0.15, -0.1) is 0 Å². The smallest absolute Gasteiger partial charge is 0.146 e. The molecule has 0 aromatic carbocycles. The third-order valence-corrected chi connectivity index (χ3v) is 5.21. The van der Waals surface area contributed by atoms with Crippen LogP contribution >= 0.6 is 0 Å². The SMILES string of the molecule is Cc1nc(N)c2c(C)c(C)n(C3CCC(C)(C)CC3)c2n1. The van der Waals surface area contributed by atoms with Crippen molar-refractivity contribution >= 4 is 16.9 Å². The molecule has 114 valence electrons. The molecule has 0 aliphatic heterocycles. The lowest BCUT2D eigenvalue weighted by Crippen LogP contribution is -2.24. The zero-order chi connectivity index (χ0) is 15.4. The minimum absolute atomic E-state index is 0.479. The summed E-state index contributed by atoms with van der Waals surface area (Å²) in [7, 11) is 0. The van der Waals surface area contributed by atoms with Crippen molar-refractivity contribution in [3.63, 3.8) is 0 Å². The number of fused-ring (bicyclic) bond motifs is 1. The van der Waals surface area contributed by atoms with E-state index < -0.39 is 0 Å². The molecule has 0 unspecified atom stereocenters. The van der Waals surface area contributed by atoms with E-state index in [1.807, 2.05) is 6.92 Å². The summed E-state index contributed by atoms with van der Waals surface area (Å²) in [4.78, 5) is 9.04. The summed E-state index contributed by atoms with van der Waals surface area (Å²) in [6, 6.07) is 0.544. The van der Waals surface area contributed by atoms with Crippen LogP contribution in [0.1, 0.15) is 62.7 Å². The van der Waals surface area contributed by atoms with Crippen LogP contribution in [0.2, 0.25) is 0 Å². The van der Waals surface area contributed by atoms with Gasteiger partial charge in [-0.1, -0.05) is 13.8 Å². The Morgan fingerprint density at radius 3 is 2.33 bits per heavy atom. The Morgan fingerprint density at radius 2 is 1.71 bits per heavy atom. The quantitative estimate of drug-likeness (QED) is 0.859. The first-order valence-electron chi connectivity index (χ1n) is 7.91. The van der Waals surface area contributed by atoms with Crippen molar-refractivity contribution in [2.24, 2.45) is 5.41 Å². The molecule has 4 heteroatoms. The lowest BCUT2D eigenvalue weighted by molar-refractivity contribution is 0.194. The second kappa shape index (κ2) is 4.72. The van der Waals surface area contributed by atoms with Crippen LogP contribution in [-0.2, 0) is 0 Å². The zero-order valence-electron chi connectivity index (χ0n) is 13.8. The van der Waals surface area contributed by atoms with Crippen LogP contribution in [0.4, 0.5) is 5.82 Å². The van der Waals surface area contributed by atoms with Gasteiger partial charge in [0.25, 0.3) is 0 Å². The number of aryl methyl sites for hydroxylation is 2. The molecule has 4 nitrogen and oxygen atoms in total. The van der Waals surface area contributed by atoms with Crippen molar-refractivity contribution in [3.8, 4) is 0 Å². The first kappa shape index (κ1) is 14.4. The summed E-state index contributed by atoms with van der Waals surface area (Å²) in [6.07, 6.45) is 4.99. The molecule has 0 spiro atoms. The number of hydrogen-bond acceptors (Lipinski definition) is 3. The largest absolute Gasteiger partial charge is 0.383 e. The molecule has 2 aromatic heterocycles. The van der Waals surface area contributed by atoms with Crippen LogP contribution in [-0.4, -0.2) is 14.5 Å². The molecular formula is C17H26N4. The van der Waals surface area contributed by atoms with E-state index in [1.54, 1.807) is 0 Å². The molecule has 0 bridgehead atoms. The Balaban J connectivity index is 2.13. The van der Waals surface area contributed by atoms with E-state index in [0.29, 0.717) is 17.3 Å². The number of hydrogen-bond donors (Lipinski definition) is 1. The average molecular weight is 286 g/mol. The third-order valence-electron chi connectivity index (χ3n) is 5.21. The summed E-state index contributed by atoms with van der Waals surface area (Å²) in [5.41, 5.74) is 10.2. The molecule has 1 fully saturated rings. The van der Waals surface area contributed by atoms with E-state index in [2.05, 4.69) is 37.2 Å². The first-order chi connectivity index (χ1) is 9.80. The monoisotopic (exact) mass is 286 g/mol. The highest BCUT2D eigenvalue weighted by Crippen LogP contribution is 2.42. The lowest BCUT2D eigenvalue weighted by atomic mass is 9.75. The van der Waals surface area contributed by atoms with Crippen molar-refractivity contribution in [3.05, 3.63) is 17.1 Å². The molecule has 0 radical (unpaired) electrons. The Morgan fingerprint density at radius 1 is 1.10 bits per heavy atom. The molecule has 2 heterocycles. The maximum Gasteiger partial charge on any atom is 0.146 e. The number of rotatable bonds is 1. The summed E-state index contributed by atoms with van der Waals surface area (Å²) < 4.78 is 2.42. The Labute approximate surface area is 126 Å². The van der Waals surface area contributed by atoms with Crippen LogP contribution in [0.25, 0.3) is 11.0 Å². The van der Waals surface area contributed by atoms with E-state index in [-0.39, 0.29) is 0 Å². The van der Waals surface area contributed by atoms with Gasteiger partial charge in [-0.3, -0.25) is 0 Å². The summed E-state index contributed by atoms with van der Waals surface area (Å²) in [5.74, 6) is 1.38. The molecule has 21 heavy (non-hydrogen) atoms. The molecule has 2 N–H and O–H groups in total. The first-order valence-corrected chi connectivity index (χ1v) is 7.91. The second-order valence-corrected chi connectivity index (χ2v) is 7.33. The van der Waals surface area contributed by atoms with Crippen LogP contribution in [0.5, 0.6) is 0 Å². The zero-order valence-corrected chi connectivity index (χ0v) is 13.8. The predicted octanol–water partition coefficient (Wildman–Crippen LogP) is 4.08. The minimum atomic E-state index is 0.479. The van der Waals surface area contributed by atoms with Crippen LogP contribution in [0.3, 0.4) is 0 Å². The number of nitrogens with zero attached hydrogens (tertiary/aromatic N) is 3. The van der Waals surface area contributed by atoms with Crippen molar-refractivity contribution < 1.29 is 0 Å². The molecule has 1 aliphatic carbocycles. The predicted molar refractivity (Wildman–Crippen MR) is 87.4 cm³/mol. The van der Waals surface area contributed by atoms with Gasteiger partial charge in [0.2, 0.25) is 0 Å². The maximum atomic E-state index is 6.15. The van der Waals surface area contributed by atoms with Crippen molar-refractivity contribution in [1.82, 2.24) is 14.5 Å². The normalized spacial score (nSPS) is 19.3. The average Bonchev–Trinajstić information content (AvgIpc) is 2.63. The number of nitrogen functional groups attached to an aromatic ring is 1. The number of nitrogens with two attached hydrogens (primary N) is 1. The maximum absolute atomic E-state index is 6.15. The highest BCUT2D eigenvalue weighted by molar-refractivity contribution is 5.91. The van der Waals surface area contributed by atoms with Gasteiger partial charge < -0.3 is 10.3 Å². The summed E-state index contributed by atoms with van der Waals surface area (Å²) in [6.45, 7) is 11.0. The van der Waals surface area contributed by atoms with E-state index >= 15 is 0 Å². The Bertz CT molecular complexity index is 687. The molecule has 0 saturated heterocycles. The molecule has 1 aliphatic rings. The van der Waals surface area contributed by atoms with Crippen LogP contribution < -0.4 is 5.73 Å². The molecule has 0 amide bonds. The minimum Gasteiger partial charge on any atom is -0.383 e. The third kappa shape index (κ3) is 2.30. The highest BCUT2D eigenvalue weighted by Gasteiger charge is 2.30. The fourth-order valence-corrected chi connectivity index (χ4v) is 3.72. The summed E-state index contributed by atoms with van der Waals surface area (Å²) in [5, 5.41) is 1.04. The lowest BCUT2D eigenvalue weighted by Gasteiger charge is -2.35. The standard InChI is InChI=1S/C17H26N4/c1-10-11(2)21(13-6-8-17(4,5)9-7-13)16-14(10)15(18)19-12(3)20-16/h13H,6-9H2,1-5H3,(H2,18,19,20). The van der Waals surface area contributed by atoms with Crippen LogP contribution in [0.15, 0.2) is 0 Å². The molecule has 1 saturated carbocycles. The Kier molecular flexibility index (Phi) is 3.23. The van der Waals surface area contributed by atoms with Gasteiger partial charge in [0.1, 0.15) is 17.3 Å². The van der Waals surface area contributed by atoms with Gasteiger partial charge in [0.05, 0.1) is 5.39 Å². The fraction of sp³-hybridized carbons (Fsp3) is 0.647. The highest BCUT2D eigenvalue weighted by atomic mass is 15.1. The van der Waals surface area contributed by atoms with Crippen molar-refractivity contribution in [2.75, 3.05) is 5.73 Å². The van der Waals surface area contributed by atoms with Crippen molar-refractivity contribution in [2.45, 2.75) is 66.3 Å². The Hall–Kier alpha value is -1.58. The molecule has 3 rings (SSSR count). The second-order valence-electron chi connectivity index (χ2n) is 7.33. The van der Waals surface area contributed by atoms with E-state index in [4.69, 9.17) is 10.7 Å². The van der Waals surface area contributed by atoms with Gasteiger partial charge in [-0.2, -0.15) is 0 Å². The van der Waals surface area contributed by atoms with E-state index in [9.17, 15) is 0 Å². The van der Waals surface area contributed by atoms with Crippen LogP contribution in [0, 0.1) is 26.2 Å². The van der Waals surface area contributed by atoms with E-state index in [0.717, 1.165) is 16.9 Å². The van der Waals surface area contributed by atoms with Gasteiger partial charge in [0.15, 0.2) is 0 Å². The number of anilines is 1. The fourth-order valence-electron chi connectivity index (χ4n) is 3.72. The molecular weight excluding hydrogens is 260 g/mol. The number of aromatic nitrogens is 3. The van der Waals surface area contributed by atoms with Gasteiger partial charge in [0, 0.05) is 11.7 Å². The van der Waals surface area contributed by atoms with Gasteiger partial charge in [-0.05, 0) is 57.4 Å². The molecule has 2 aromatic rings. The molecule has 0 atom stereocenters. The van der Waals surface area contributed by atoms with Crippen molar-refractivity contribution in [1.29, 1.82) is 0 Å². The van der Waals surface area contributed by atoms with E-state index in [1.165, 1.54) is 36.9 Å². The summed E-state index contributed by atoms with van der Waals surface area (Å²) >= 11 is 0. The van der Waals surface area contributed by atoms with Gasteiger partial charge in [-0.25, -0.2) is 9.97 Å².